The second-order valence-corrected chi connectivity index (χ2v) is 8.09. The van der Waals surface area contributed by atoms with Crippen molar-refractivity contribution in [2.45, 2.75) is 39.2 Å². The Balaban J connectivity index is 1.99. The summed E-state index contributed by atoms with van der Waals surface area (Å²) in [7, 11) is -0.815. The summed E-state index contributed by atoms with van der Waals surface area (Å²) in [5, 5.41) is 7.86. The normalized spacial score (nSPS) is 23.1. The van der Waals surface area contributed by atoms with Gasteiger partial charge in [-0.3, -0.25) is 4.68 Å². The SMILES string of the molecule is CCNC(Cc1cc(C)nn1C)CC1CCS(=O)(=O)C1. The van der Waals surface area contributed by atoms with Crippen LogP contribution in [0.3, 0.4) is 0 Å². The van der Waals surface area contributed by atoms with E-state index in [0.717, 1.165) is 31.5 Å². The quantitative estimate of drug-likeness (QED) is 0.853. The number of aromatic nitrogens is 2. The fourth-order valence-electron chi connectivity index (χ4n) is 3.10. The first kappa shape index (κ1) is 15.5. The topological polar surface area (TPSA) is 64.0 Å². The van der Waals surface area contributed by atoms with Crippen molar-refractivity contribution in [3.8, 4) is 0 Å². The van der Waals surface area contributed by atoms with Crippen LogP contribution in [0, 0.1) is 12.8 Å². The standard InChI is InChI=1S/C14H25N3O2S/c1-4-15-13(8-12-5-6-20(18,19)10-12)9-14-7-11(2)16-17(14)3/h7,12-13,15H,4-6,8-10H2,1-3H3. The summed E-state index contributed by atoms with van der Waals surface area (Å²) in [4.78, 5) is 0. The predicted octanol–water partition coefficient (Wildman–Crippen LogP) is 1.07. The summed E-state index contributed by atoms with van der Waals surface area (Å²) >= 11 is 0. The van der Waals surface area contributed by atoms with Crippen molar-refractivity contribution in [3.05, 3.63) is 17.5 Å². The minimum atomic E-state index is -2.78. The summed E-state index contributed by atoms with van der Waals surface area (Å²) in [6, 6.07) is 2.43. The lowest BCUT2D eigenvalue weighted by Gasteiger charge is -2.21. The second kappa shape index (κ2) is 6.26. The van der Waals surface area contributed by atoms with Crippen LogP contribution in [-0.4, -0.2) is 42.3 Å². The lowest BCUT2D eigenvalue weighted by Crippen LogP contribution is -2.34. The van der Waals surface area contributed by atoms with Gasteiger partial charge >= 0.3 is 0 Å². The third-order valence-electron chi connectivity index (χ3n) is 3.99. The molecule has 1 aromatic heterocycles. The first-order valence-corrected chi connectivity index (χ1v) is 9.15. The highest BCUT2D eigenvalue weighted by Crippen LogP contribution is 2.24. The molecule has 1 saturated heterocycles. The van der Waals surface area contributed by atoms with Gasteiger partial charge in [0.05, 0.1) is 17.2 Å². The molecule has 2 rings (SSSR count). The van der Waals surface area contributed by atoms with Gasteiger partial charge < -0.3 is 5.32 Å². The van der Waals surface area contributed by atoms with Gasteiger partial charge in [-0.15, -0.1) is 0 Å². The fourth-order valence-corrected chi connectivity index (χ4v) is 4.98. The lowest BCUT2D eigenvalue weighted by atomic mass is 9.96. The van der Waals surface area contributed by atoms with Crippen molar-refractivity contribution >= 4 is 9.84 Å². The number of rotatable bonds is 6. The van der Waals surface area contributed by atoms with Crippen molar-refractivity contribution in [1.82, 2.24) is 15.1 Å². The number of hydrogen-bond acceptors (Lipinski definition) is 4. The second-order valence-electron chi connectivity index (χ2n) is 5.86. The molecule has 2 unspecified atom stereocenters. The van der Waals surface area contributed by atoms with Crippen LogP contribution in [0.4, 0.5) is 0 Å². The van der Waals surface area contributed by atoms with Crippen molar-refractivity contribution < 1.29 is 8.42 Å². The van der Waals surface area contributed by atoms with Crippen molar-refractivity contribution in [2.75, 3.05) is 18.1 Å². The van der Waals surface area contributed by atoms with Gasteiger partial charge in [-0.05, 0) is 38.3 Å². The van der Waals surface area contributed by atoms with E-state index in [1.807, 2.05) is 18.7 Å². The number of sulfone groups is 1. The van der Waals surface area contributed by atoms with Crippen molar-refractivity contribution in [2.24, 2.45) is 13.0 Å². The van der Waals surface area contributed by atoms with E-state index in [1.165, 1.54) is 5.69 Å². The average molecular weight is 299 g/mol. The van der Waals surface area contributed by atoms with Crippen molar-refractivity contribution in [1.29, 1.82) is 0 Å². The first-order valence-electron chi connectivity index (χ1n) is 7.33. The minimum Gasteiger partial charge on any atom is -0.314 e. The van der Waals surface area contributed by atoms with E-state index in [9.17, 15) is 8.42 Å². The highest BCUT2D eigenvalue weighted by Gasteiger charge is 2.29. The van der Waals surface area contributed by atoms with Gasteiger partial charge in [-0.1, -0.05) is 6.92 Å². The van der Waals surface area contributed by atoms with Gasteiger partial charge in [0.25, 0.3) is 0 Å². The van der Waals surface area contributed by atoms with Gasteiger partial charge in [0, 0.05) is 25.2 Å². The van der Waals surface area contributed by atoms with Crippen LogP contribution in [0.25, 0.3) is 0 Å². The third-order valence-corrected chi connectivity index (χ3v) is 5.83. The highest BCUT2D eigenvalue weighted by atomic mass is 32.2. The van der Waals surface area contributed by atoms with Crippen LogP contribution in [0.5, 0.6) is 0 Å². The molecule has 0 spiro atoms. The third kappa shape index (κ3) is 4.06. The molecule has 5 nitrogen and oxygen atoms in total. The number of hydrogen-bond donors (Lipinski definition) is 1. The molecule has 1 aliphatic rings. The lowest BCUT2D eigenvalue weighted by molar-refractivity contribution is 0.403. The van der Waals surface area contributed by atoms with Gasteiger partial charge in [0.2, 0.25) is 0 Å². The van der Waals surface area contributed by atoms with Gasteiger partial charge in [0.1, 0.15) is 0 Å². The molecule has 6 heteroatoms. The van der Waals surface area contributed by atoms with E-state index < -0.39 is 9.84 Å². The zero-order valence-electron chi connectivity index (χ0n) is 12.6. The van der Waals surface area contributed by atoms with E-state index in [0.29, 0.717) is 23.5 Å². The molecule has 1 N–H and O–H groups in total. The summed E-state index contributed by atoms with van der Waals surface area (Å²) in [6.45, 7) is 4.99. The molecule has 0 radical (unpaired) electrons. The number of nitrogens with one attached hydrogen (secondary N) is 1. The van der Waals surface area contributed by atoms with Gasteiger partial charge in [0.15, 0.2) is 9.84 Å². The molecule has 1 aliphatic heterocycles. The van der Waals surface area contributed by atoms with Gasteiger partial charge in [-0.2, -0.15) is 5.10 Å². The number of nitrogens with zero attached hydrogens (tertiary/aromatic N) is 2. The fraction of sp³-hybridized carbons (Fsp3) is 0.786. The largest absolute Gasteiger partial charge is 0.314 e. The Morgan fingerprint density at radius 3 is 2.80 bits per heavy atom. The molecule has 0 aromatic carbocycles. The van der Waals surface area contributed by atoms with E-state index in [4.69, 9.17) is 0 Å². The molecule has 0 saturated carbocycles. The van der Waals surface area contributed by atoms with Gasteiger partial charge in [-0.25, -0.2) is 8.42 Å². The number of aryl methyl sites for hydroxylation is 2. The molecule has 1 fully saturated rings. The van der Waals surface area contributed by atoms with E-state index >= 15 is 0 Å². The monoisotopic (exact) mass is 299 g/mol. The summed E-state index contributed by atoms with van der Waals surface area (Å²) in [5.74, 6) is 1.03. The maximum atomic E-state index is 11.6. The molecule has 114 valence electrons. The highest BCUT2D eigenvalue weighted by molar-refractivity contribution is 7.91. The van der Waals surface area contributed by atoms with Crippen LogP contribution >= 0.6 is 0 Å². The summed E-state index contributed by atoms with van der Waals surface area (Å²) in [5.41, 5.74) is 2.23. The zero-order chi connectivity index (χ0) is 14.8. The summed E-state index contributed by atoms with van der Waals surface area (Å²) in [6.07, 6.45) is 2.65. The minimum absolute atomic E-state index is 0.304. The predicted molar refractivity (Wildman–Crippen MR) is 80.5 cm³/mol. The van der Waals surface area contributed by atoms with E-state index in [1.54, 1.807) is 0 Å². The molecule has 0 aliphatic carbocycles. The Kier molecular flexibility index (Phi) is 4.86. The molecular formula is C14H25N3O2S. The van der Waals surface area contributed by atoms with Crippen LogP contribution < -0.4 is 5.32 Å². The average Bonchev–Trinajstić information content (AvgIpc) is 2.82. The van der Waals surface area contributed by atoms with Crippen molar-refractivity contribution in [3.63, 3.8) is 0 Å². The van der Waals surface area contributed by atoms with Crippen LogP contribution in [0.15, 0.2) is 6.07 Å². The Hall–Kier alpha value is -0.880. The molecule has 2 heterocycles. The molecule has 0 amide bonds. The molecule has 1 aromatic rings. The smallest absolute Gasteiger partial charge is 0.150 e. The molecule has 20 heavy (non-hydrogen) atoms. The zero-order valence-corrected chi connectivity index (χ0v) is 13.4. The Labute approximate surface area is 121 Å². The number of likely N-dealkylation sites (N-methyl/N-ethyl adjacent to an activating group) is 1. The Morgan fingerprint density at radius 1 is 1.55 bits per heavy atom. The summed E-state index contributed by atoms with van der Waals surface area (Å²) < 4.78 is 25.0. The Morgan fingerprint density at radius 2 is 2.30 bits per heavy atom. The van der Waals surface area contributed by atoms with Crippen LogP contribution in [0.2, 0.25) is 0 Å². The molecule has 0 bridgehead atoms. The van der Waals surface area contributed by atoms with Crippen LogP contribution in [0.1, 0.15) is 31.2 Å². The Bertz CT molecular complexity index is 551. The molecular weight excluding hydrogens is 274 g/mol. The van der Waals surface area contributed by atoms with E-state index in [2.05, 4.69) is 23.4 Å². The first-order chi connectivity index (χ1) is 9.39. The van der Waals surface area contributed by atoms with E-state index in [-0.39, 0.29) is 0 Å². The maximum Gasteiger partial charge on any atom is 0.150 e. The maximum absolute atomic E-state index is 11.6. The molecule has 2 atom stereocenters. The van der Waals surface area contributed by atoms with Crippen LogP contribution in [-0.2, 0) is 23.3 Å².